The van der Waals surface area contributed by atoms with Crippen molar-refractivity contribution in [3.05, 3.63) is 0 Å². The number of hydrogen-bond donors (Lipinski definition) is 0. The van der Waals surface area contributed by atoms with Crippen LogP contribution in [-0.2, 0) is 36.4 Å². The normalized spacial score (nSPS) is 21.1. The predicted octanol–water partition coefficient (Wildman–Crippen LogP) is 0.244. The van der Waals surface area contributed by atoms with Crippen molar-refractivity contribution in [2.75, 3.05) is 26.0 Å². The van der Waals surface area contributed by atoms with Crippen LogP contribution >= 0.6 is 30.4 Å². The van der Waals surface area contributed by atoms with Crippen LogP contribution in [0.2, 0.25) is 0 Å². The van der Waals surface area contributed by atoms with Crippen molar-refractivity contribution in [3.63, 3.8) is 0 Å². The van der Waals surface area contributed by atoms with E-state index in [1.54, 1.807) is 13.8 Å². The van der Waals surface area contributed by atoms with Crippen LogP contribution in [0.3, 0.4) is 0 Å². The maximum absolute atomic E-state index is 11.3. The summed E-state index contributed by atoms with van der Waals surface area (Å²) in [5.74, 6) is -2.68. The van der Waals surface area contributed by atoms with Gasteiger partial charge in [-0.1, -0.05) is 0 Å². The minimum atomic E-state index is -4.66. The molecule has 0 aliphatic rings. The van der Waals surface area contributed by atoms with E-state index in [4.69, 9.17) is 0 Å². The zero-order valence-corrected chi connectivity index (χ0v) is 18.8. The van der Waals surface area contributed by atoms with Gasteiger partial charge in [-0.2, -0.15) is 0 Å². The SMILES string of the molecule is COP(=O)([O-])CP(=O)([O-])CP(=O)([O-])OC(C)C.COP(=O)([O-])OC(C)C. The van der Waals surface area contributed by atoms with Crippen molar-refractivity contribution >= 4 is 30.4 Å². The molecule has 0 aromatic carbocycles. The summed E-state index contributed by atoms with van der Waals surface area (Å²) >= 11 is 0. The van der Waals surface area contributed by atoms with Crippen molar-refractivity contribution in [2.45, 2.75) is 39.9 Å². The van der Waals surface area contributed by atoms with Crippen LogP contribution in [0.4, 0.5) is 0 Å². The van der Waals surface area contributed by atoms with Gasteiger partial charge < -0.3 is 51.4 Å². The smallest absolute Gasteiger partial charge is 0.267 e. The lowest BCUT2D eigenvalue weighted by Crippen LogP contribution is -2.20. The Bertz CT molecular complexity index is 603. The third-order valence-electron chi connectivity index (χ3n) is 1.99. The van der Waals surface area contributed by atoms with Crippen LogP contribution in [-0.4, -0.2) is 38.2 Å². The molecule has 0 aliphatic carbocycles. The predicted molar refractivity (Wildman–Crippen MR) is 86.6 cm³/mol. The van der Waals surface area contributed by atoms with Crippen LogP contribution in [0.25, 0.3) is 0 Å². The number of hydrogen-bond acceptors (Lipinski definition) is 12. The molecule has 0 N–H and O–H groups in total. The van der Waals surface area contributed by atoms with Crippen molar-refractivity contribution in [3.8, 4) is 0 Å². The lowest BCUT2D eigenvalue weighted by atomic mass is 10.5. The van der Waals surface area contributed by atoms with Crippen LogP contribution in [0.1, 0.15) is 27.7 Å². The van der Waals surface area contributed by atoms with Gasteiger partial charge in [-0.3, -0.25) is 4.57 Å². The molecule has 26 heavy (non-hydrogen) atoms. The van der Waals surface area contributed by atoms with Gasteiger partial charge >= 0.3 is 0 Å². The van der Waals surface area contributed by atoms with E-state index >= 15 is 0 Å². The van der Waals surface area contributed by atoms with Crippen molar-refractivity contribution in [2.24, 2.45) is 0 Å². The molecule has 0 heterocycles. The minimum Gasteiger partial charge on any atom is -0.799 e. The van der Waals surface area contributed by atoms with Crippen molar-refractivity contribution in [1.82, 2.24) is 0 Å². The van der Waals surface area contributed by atoms with E-state index in [2.05, 4.69) is 18.1 Å². The first kappa shape index (κ1) is 28.8. The summed E-state index contributed by atoms with van der Waals surface area (Å²) in [4.78, 5) is 43.9. The molecule has 0 spiro atoms. The standard InChI is InChI=1S/C6H17O8P3.C4H11O4P/c1-6(2)14-17(11,12)5-15(7,8)4-16(9,10)13-3;1-4(2)8-9(5,6)7-3/h6H,4-5H2,1-3H3,(H,7,8)(H,9,10)(H,11,12);4H,1-3H3,(H,5,6)/p-4. The Morgan fingerprint density at radius 2 is 1.08 bits per heavy atom. The van der Waals surface area contributed by atoms with E-state index in [9.17, 15) is 37.8 Å². The van der Waals surface area contributed by atoms with E-state index < -0.39 is 48.3 Å². The summed E-state index contributed by atoms with van der Waals surface area (Å²) in [5.41, 5.74) is 0. The first-order valence-corrected chi connectivity index (χ1v) is 14.0. The van der Waals surface area contributed by atoms with Crippen molar-refractivity contribution in [1.29, 1.82) is 0 Å². The Morgan fingerprint density at radius 1 is 0.692 bits per heavy atom. The van der Waals surface area contributed by atoms with Crippen molar-refractivity contribution < 1.29 is 55.9 Å². The zero-order chi connectivity index (χ0) is 21.4. The highest BCUT2D eigenvalue weighted by Gasteiger charge is 2.23. The third-order valence-corrected chi connectivity index (χ3v) is 10.6. The molecule has 0 radical (unpaired) electrons. The second-order valence-corrected chi connectivity index (χ2v) is 13.8. The fraction of sp³-hybridized carbons (Fsp3) is 1.00. The molecule has 0 saturated heterocycles. The maximum Gasteiger partial charge on any atom is 0.267 e. The molecule has 12 nitrogen and oxygen atoms in total. The Morgan fingerprint density at radius 3 is 1.35 bits per heavy atom. The summed E-state index contributed by atoms with van der Waals surface area (Å²) in [6.07, 6.45) is -1.06. The molecule has 0 saturated carbocycles. The molecule has 0 aromatic heterocycles. The van der Waals surface area contributed by atoms with Gasteiger partial charge in [0.1, 0.15) is 15.2 Å². The van der Waals surface area contributed by atoms with Gasteiger partial charge in [-0.05, 0) is 27.7 Å². The van der Waals surface area contributed by atoms with E-state index in [0.717, 1.165) is 14.2 Å². The zero-order valence-electron chi connectivity index (χ0n) is 15.3. The van der Waals surface area contributed by atoms with E-state index in [1.807, 2.05) is 0 Å². The van der Waals surface area contributed by atoms with Gasteiger partial charge in [0.25, 0.3) is 7.82 Å². The fourth-order valence-electron chi connectivity index (χ4n) is 1.29. The highest BCUT2D eigenvalue weighted by atomic mass is 31.3. The molecule has 0 bridgehead atoms. The first-order chi connectivity index (χ1) is 11.4. The van der Waals surface area contributed by atoms with Gasteiger partial charge in [0.05, 0.1) is 24.0 Å². The summed E-state index contributed by atoms with van der Waals surface area (Å²) in [5, 5.41) is 0. The molecule has 0 amide bonds. The van der Waals surface area contributed by atoms with Gasteiger partial charge in [0.2, 0.25) is 0 Å². The molecular formula is C10H24O12P4-4. The average Bonchev–Trinajstić information content (AvgIpc) is 2.33. The molecule has 0 rings (SSSR count). The Hall–Kier alpha value is 0.600. The largest absolute Gasteiger partial charge is 0.799 e. The molecule has 0 fully saturated rings. The Labute approximate surface area is 153 Å². The first-order valence-electron chi connectivity index (χ1n) is 7.05. The Balaban J connectivity index is 0. The highest BCUT2D eigenvalue weighted by molar-refractivity contribution is 7.78. The maximum atomic E-state index is 11.3. The van der Waals surface area contributed by atoms with Crippen LogP contribution in [0.5, 0.6) is 0 Å². The highest BCUT2D eigenvalue weighted by Crippen LogP contribution is 2.59. The quantitative estimate of drug-likeness (QED) is 0.403. The summed E-state index contributed by atoms with van der Waals surface area (Å²) in [6.45, 7) is 6.05. The third kappa shape index (κ3) is 16.8. The molecular weight excluding hydrogens is 436 g/mol. The average molecular weight is 460 g/mol. The molecule has 0 aromatic rings. The molecule has 16 heteroatoms. The number of rotatable bonds is 10. The van der Waals surface area contributed by atoms with Crippen LogP contribution in [0.15, 0.2) is 0 Å². The van der Waals surface area contributed by atoms with Crippen LogP contribution < -0.4 is 19.6 Å². The topological polar surface area (TPSA) is 197 Å². The second kappa shape index (κ2) is 11.6. The van der Waals surface area contributed by atoms with Gasteiger partial charge in [0.15, 0.2) is 0 Å². The fourth-order valence-corrected chi connectivity index (χ4v) is 8.64. The summed E-state index contributed by atoms with van der Waals surface area (Å²) in [6, 6.07) is 0. The lowest BCUT2D eigenvalue weighted by molar-refractivity contribution is -0.226. The summed E-state index contributed by atoms with van der Waals surface area (Å²) < 4.78 is 60.6. The monoisotopic (exact) mass is 460 g/mol. The summed E-state index contributed by atoms with van der Waals surface area (Å²) in [7, 11) is -15.9. The van der Waals surface area contributed by atoms with Gasteiger partial charge in [-0.15, -0.1) is 0 Å². The number of phosphoric acid groups is 1. The Kier molecular flexibility index (Phi) is 12.8. The van der Waals surface area contributed by atoms with Gasteiger partial charge in [-0.25, -0.2) is 0 Å². The van der Waals surface area contributed by atoms with E-state index in [1.165, 1.54) is 13.8 Å². The molecule has 4 unspecified atom stereocenters. The second-order valence-electron chi connectivity index (χ2n) is 5.44. The number of phosphoric ester groups is 1. The molecule has 0 aliphatic heterocycles. The molecule has 4 atom stereocenters. The van der Waals surface area contributed by atoms with Gasteiger partial charge in [0, 0.05) is 21.6 Å². The molecule has 160 valence electrons. The van der Waals surface area contributed by atoms with E-state index in [0.29, 0.717) is 0 Å². The minimum absolute atomic E-state index is 0.353. The van der Waals surface area contributed by atoms with Crippen LogP contribution in [0, 0.1) is 0 Å². The lowest BCUT2D eigenvalue weighted by Gasteiger charge is -2.35. The van der Waals surface area contributed by atoms with E-state index in [-0.39, 0.29) is 6.10 Å².